The molecule has 2 heterocycles. The number of carbonyl (C=O) groups is 1. The Morgan fingerprint density at radius 1 is 1.20 bits per heavy atom. The predicted molar refractivity (Wildman–Crippen MR) is 91.5 cm³/mol. The van der Waals surface area contributed by atoms with Crippen molar-refractivity contribution >= 4 is 11.6 Å². The Morgan fingerprint density at radius 2 is 2.00 bits per heavy atom. The summed E-state index contributed by atoms with van der Waals surface area (Å²) in [6.07, 6.45) is 2.94. The van der Waals surface area contributed by atoms with Crippen LogP contribution in [0.4, 0.5) is 10.1 Å². The van der Waals surface area contributed by atoms with Crippen molar-refractivity contribution in [3.8, 4) is 11.6 Å². The van der Waals surface area contributed by atoms with E-state index in [4.69, 9.17) is 4.74 Å². The van der Waals surface area contributed by atoms with Gasteiger partial charge in [-0.2, -0.15) is 5.10 Å². The molecule has 7 heteroatoms. The molecule has 0 saturated carbocycles. The summed E-state index contributed by atoms with van der Waals surface area (Å²) in [4.78, 5) is 16.5. The lowest BCUT2D eigenvalue weighted by molar-refractivity contribution is 0.102. The lowest BCUT2D eigenvalue weighted by atomic mass is 10.3. The van der Waals surface area contributed by atoms with Gasteiger partial charge in [0.25, 0.3) is 5.91 Å². The van der Waals surface area contributed by atoms with E-state index in [0.29, 0.717) is 17.3 Å². The zero-order valence-corrected chi connectivity index (χ0v) is 13.8. The zero-order valence-electron chi connectivity index (χ0n) is 13.8. The molecule has 0 aliphatic carbocycles. The molecule has 3 rings (SSSR count). The van der Waals surface area contributed by atoms with Crippen molar-refractivity contribution in [2.24, 2.45) is 0 Å². The van der Waals surface area contributed by atoms with Gasteiger partial charge in [0, 0.05) is 6.07 Å². The van der Waals surface area contributed by atoms with Crippen LogP contribution in [0.15, 0.2) is 54.9 Å². The molecule has 6 nitrogen and oxygen atoms in total. The molecule has 1 aromatic carbocycles. The minimum Gasteiger partial charge on any atom is -0.475 e. The van der Waals surface area contributed by atoms with Gasteiger partial charge >= 0.3 is 0 Å². The number of hydrogen-bond donors (Lipinski definition) is 1. The highest BCUT2D eigenvalue weighted by Crippen LogP contribution is 2.16. The lowest BCUT2D eigenvalue weighted by Crippen LogP contribution is -2.14. The van der Waals surface area contributed by atoms with Crippen LogP contribution in [0.5, 0.6) is 5.88 Å². The standard InChI is InChI=1S/C18H17FN4O2/c1-12(2)25-17-9-5-7-15(22-17)18(24)21-13-10-20-23(11-13)16-8-4-3-6-14(16)19/h3-12H,1-2H3,(H,21,24). The Balaban J connectivity index is 1.75. The molecule has 0 saturated heterocycles. The maximum Gasteiger partial charge on any atom is 0.274 e. The molecule has 0 fully saturated rings. The zero-order chi connectivity index (χ0) is 17.8. The number of anilines is 1. The van der Waals surface area contributed by atoms with Gasteiger partial charge in [0.05, 0.1) is 24.2 Å². The van der Waals surface area contributed by atoms with Crippen molar-refractivity contribution in [3.05, 3.63) is 66.4 Å². The van der Waals surface area contributed by atoms with E-state index in [-0.39, 0.29) is 11.8 Å². The number of hydrogen-bond acceptors (Lipinski definition) is 4. The number of para-hydroxylation sites is 1. The van der Waals surface area contributed by atoms with E-state index in [1.54, 1.807) is 36.4 Å². The number of benzene rings is 1. The molecule has 3 aromatic rings. The number of rotatable bonds is 5. The molecule has 0 radical (unpaired) electrons. The second kappa shape index (κ2) is 7.12. The van der Waals surface area contributed by atoms with Gasteiger partial charge in [-0.25, -0.2) is 14.1 Å². The van der Waals surface area contributed by atoms with Crippen molar-refractivity contribution in [2.75, 3.05) is 5.32 Å². The van der Waals surface area contributed by atoms with Crippen molar-refractivity contribution < 1.29 is 13.9 Å². The third-order valence-corrected chi connectivity index (χ3v) is 3.25. The highest BCUT2D eigenvalue weighted by Gasteiger charge is 2.12. The van der Waals surface area contributed by atoms with Crippen LogP contribution in [-0.4, -0.2) is 26.8 Å². The first-order valence-corrected chi connectivity index (χ1v) is 7.77. The van der Waals surface area contributed by atoms with Crippen LogP contribution in [0.2, 0.25) is 0 Å². The SMILES string of the molecule is CC(C)Oc1cccc(C(=O)Nc2cnn(-c3ccccc3F)c2)n1. The van der Waals surface area contributed by atoms with Gasteiger partial charge in [-0.15, -0.1) is 0 Å². The smallest absolute Gasteiger partial charge is 0.274 e. The third-order valence-electron chi connectivity index (χ3n) is 3.25. The fourth-order valence-corrected chi connectivity index (χ4v) is 2.20. The summed E-state index contributed by atoms with van der Waals surface area (Å²) in [6.45, 7) is 3.76. The molecule has 0 aliphatic heterocycles. The highest BCUT2D eigenvalue weighted by molar-refractivity contribution is 6.02. The largest absolute Gasteiger partial charge is 0.475 e. The van der Waals surface area contributed by atoms with Gasteiger partial charge in [-0.3, -0.25) is 4.79 Å². The number of ether oxygens (including phenoxy) is 1. The second-order valence-electron chi connectivity index (χ2n) is 5.61. The van der Waals surface area contributed by atoms with Crippen molar-refractivity contribution in [3.63, 3.8) is 0 Å². The summed E-state index contributed by atoms with van der Waals surface area (Å²) in [5.74, 6) is -0.421. The molecular formula is C18H17FN4O2. The molecule has 1 amide bonds. The first-order valence-electron chi connectivity index (χ1n) is 7.77. The number of halogens is 1. The van der Waals surface area contributed by atoms with Crippen LogP contribution < -0.4 is 10.1 Å². The van der Waals surface area contributed by atoms with Crippen molar-refractivity contribution in [1.82, 2.24) is 14.8 Å². The van der Waals surface area contributed by atoms with E-state index in [1.165, 1.54) is 23.1 Å². The average Bonchev–Trinajstić information content (AvgIpc) is 3.03. The summed E-state index contributed by atoms with van der Waals surface area (Å²) < 4.78 is 20.6. The number of pyridine rings is 1. The van der Waals surface area contributed by atoms with E-state index in [0.717, 1.165) is 0 Å². The minimum atomic E-state index is -0.401. The van der Waals surface area contributed by atoms with Crippen LogP contribution >= 0.6 is 0 Å². The van der Waals surface area contributed by atoms with Gasteiger partial charge in [0.2, 0.25) is 5.88 Å². The first-order chi connectivity index (χ1) is 12.0. The molecule has 128 valence electrons. The number of amides is 1. The van der Waals surface area contributed by atoms with E-state index in [9.17, 15) is 9.18 Å². The van der Waals surface area contributed by atoms with Gasteiger partial charge in [0.15, 0.2) is 0 Å². The lowest BCUT2D eigenvalue weighted by Gasteiger charge is -2.09. The Labute approximate surface area is 144 Å². The van der Waals surface area contributed by atoms with Crippen LogP contribution in [-0.2, 0) is 0 Å². The molecule has 2 aromatic heterocycles. The molecule has 25 heavy (non-hydrogen) atoms. The van der Waals surface area contributed by atoms with Crippen LogP contribution in [0.3, 0.4) is 0 Å². The second-order valence-corrected chi connectivity index (χ2v) is 5.61. The molecule has 0 spiro atoms. The maximum atomic E-state index is 13.8. The van der Waals surface area contributed by atoms with Gasteiger partial charge in [-0.05, 0) is 32.0 Å². The molecule has 0 atom stereocenters. The van der Waals surface area contributed by atoms with E-state index in [1.807, 2.05) is 13.8 Å². The van der Waals surface area contributed by atoms with E-state index < -0.39 is 11.7 Å². The van der Waals surface area contributed by atoms with Gasteiger partial charge in [0.1, 0.15) is 17.2 Å². The van der Waals surface area contributed by atoms with Crippen LogP contribution in [0, 0.1) is 5.82 Å². The Kier molecular flexibility index (Phi) is 4.74. The molecule has 1 N–H and O–H groups in total. The maximum absolute atomic E-state index is 13.8. The number of carbonyl (C=O) groups excluding carboxylic acids is 1. The first kappa shape index (κ1) is 16.6. The predicted octanol–water partition coefficient (Wildman–Crippen LogP) is 3.45. The quantitative estimate of drug-likeness (QED) is 0.772. The summed E-state index contributed by atoms with van der Waals surface area (Å²) in [7, 11) is 0. The number of nitrogens with one attached hydrogen (secondary N) is 1. The van der Waals surface area contributed by atoms with Crippen molar-refractivity contribution in [1.29, 1.82) is 0 Å². The third kappa shape index (κ3) is 4.00. The Hall–Kier alpha value is -3.22. The van der Waals surface area contributed by atoms with Gasteiger partial charge in [-0.1, -0.05) is 18.2 Å². The van der Waals surface area contributed by atoms with Crippen LogP contribution in [0.1, 0.15) is 24.3 Å². The molecular weight excluding hydrogens is 323 g/mol. The summed E-state index contributed by atoms with van der Waals surface area (Å²) >= 11 is 0. The summed E-state index contributed by atoms with van der Waals surface area (Å²) in [5.41, 5.74) is 0.954. The fraction of sp³-hybridized carbons (Fsp3) is 0.167. The normalized spacial score (nSPS) is 10.7. The molecule has 0 aliphatic rings. The van der Waals surface area contributed by atoms with Crippen molar-refractivity contribution in [2.45, 2.75) is 20.0 Å². The monoisotopic (exact) mass is 340 g/mol. The number of aromatic nitrogens is 3. The van der Waals surface area contributed by atoms with Gasteiger partial charge < -0.3 is 10.1 Å². The van der Waals surface area contributed by atoms with E-state index in [2.05, 4.69) is 15.4 Å². The van der Waals surface area contributed by atoms with E-state index >= 15 is 0 Å². The summed E-state index contributed by atoms with van der Waals surface area (Å²) in [5, 5.41) is 6.75. The fourth-order valence-electron chi connectivity index (χ4n) is 2.20. The highest BCUT2D eigenvalue weighted by atomic mass is 19.1. The average molecular weight is 340 g/mol. The molecule has 0 unspecified atom stereocenters. The molecule has 0 bridgehead atoms. The van der Waals surface area contributed by atoms with Crippen LogP contribution in [0.25, 0.3) is 5.69 Å². The Bertz CT molecular complexity index is 892. The summed E-state index contributed by atoms with van der Waals surface area (Å²) in [6, 6.07) is 11.2. The number of nitrogens with zero attached hydrogens (tertiary/aromatic N) is 3. The Morgan fingerprint density at radius 3 is 2.76 bits per heavy atom. The topological polar surface area (TPSA) is 69.0 Å². The minimum absolute atomic E-state index is 0.0372.